The standard InChI is InChI=1S/C14H17NO2/c1-11(2)7-6-10-13(16)15-14(17)12-8-4-3-5-9-12/h3-6,8-11H,7H2,1-2H3,(H,15,16,17)/b10-6+. The van der Waals surface area contributed by atoms with E-state index in [1.54, 1.807) is 30.3 Å². The highest BCUT2D eigenvalue weighted by Crippen LogP contribution is 2.00. The molecule has 0 spiro atoms. The molecule has 0 heterocycles. The average molecular weight is 231 g/mol. The quantitative estimate of drug-likeness (QED) is 0.809. The Kier molecular flexibility index (Phi) is 5.14. The van der Waals surface area contributed by atoms with Crippen LogP contribution in [0.2, 0.25) is 0 Å². The molecule has 0 unspecified atom stereocenters. The summed E-state index contributed by atoms with van der Waals surface area (Å²) in [6, 6.07) is 8.67. The summed E-state index contributed by atoms with van der Waals surface area (Å²) >= 11 is 0. The van der Waals surface area contributed by atoms with Gasteiger partial charge in [-0.25, -0.2) is 0 Å². The van der Waals surface area contributed by atoms with Crippen molar-refractivity contribution in [1.82, 2.24) is 5.32 Å². The lowest BCUT2D eigenvalue weighted by Gasteiger charge is -2.01. The van der Waals surface area contributed by atoms with Crippen molar-refractivity contribution in [3.05, 3.63) is 48.0 Å². The number of imide groups is 1. The molecule has 3 heteroatoms. The predicted octanol–water partition coefficient (Wildman–Crippen LogP) is 2.55. The summed E-state index contributed by atoms with van der Waals surface area (Å²) in [5.41, 5.74) is 0.484. The van der Waals surface area contributed by atoms with E-state index in [0.717, 1.165) is 6.42 Å². The smallest absolute Gasteiger partial charge is 0.258 e. The Morgan fingerprint density at radius 3 is 2.47 bits per heavy atom. The molecule has 3 nitrogen and oxygen atoms in total. The van der Waals surface area contributed by atoms with Gasteiger partial charge in [-0.15, -0.1) is 0 Å². The molecule has 0 aliphatic heterocycles. The van der Waals surface area contributed by atoms with Crippen LogP contribution in [0, 0.1) is 5.92 Å². The van der Waals surface area contributed by atoms with Gasteiger partial charge in [0.1, 0.15) is 0 Å². The Labute approximate surface area is 102 Å². The first kappa shape index (κ1) is 13.2. The molecule has 17 heavy (non-hydrogen) atoms. The van der Waals surface area contributed by atoms with E-state index in [-0.39, 0.29) is 11.8 Å². The number of allylic oxidation sites excluding steroid dienone is 1. The van der Waals surface area contributed by atoms with Crippen molar-refractivity contribution in [2.45, 2.75) is 20.3 Å². The summed E-state index contributed by atoms with van der Waals surface area (Å²) in [7, 11) is 0. The zero-order valence-corrected chi connectivity index (χ0v) is 10.1. The SMILES string of the molecule is CC(C)C/C=C/C(=O)NC(=O)c1ccccc1. The van der Waals surface area contributed by atoms with E-state index in [0.29, 0.717) is 11.5 Å². The van der Waals surface area contributed by atoms with E-state index in [1.165, 1.54) is 6.08 Å². The number of rotatable bonds is 4. The molecule has 0 aliphatic carbocycles. The van der Waals surface area contributed by atoms with Crippen molar-refractivity contribution in [3.8, 4) is 0 Å². The Bertz CT molecular complexity index is 407. The van der Waals surface area contributed by atoms with Crippen molar-refractivity contribution >= 4 is 11.8 Å². The minimum Gasteiger partial charge on any atom is -0.289 e. The molecule has 0 fully saturated rings. The number of amides is 2. The van der Waals surface area contributed by atoms with Crippen molar-refractivity contribution in [2.75, 3.05) is 0 Å². The predicted molar refractivity (Wildman–Crippen MR) is 67.5 cm³/mol. The van der Waals surface area contributed by atoms with Gasteiger partial charge in [0.15, 0.2) is 0 Å². The first-order valence-corrected chi connectivity index (χ1v) is 5.66. The molecule has 0 aromatic heterocycles. The van der Waals surface area contributed by atoms with Gasteiger partial charge in [0.25, 0.3) is 5.91 Å². The highest BCUT2D eigenvalue weighted by atomic mass is 16.2. The van der Waals surface area contributed by atoms with Gasteiger partial charge in [0, 0.05) is 5.56 Å². The van der Waals surface area contributed by atoms with E-state index in [4.69, 9.17) is 0 Å². The summed E-state index contributed by atoms with van der Waals surface area (Å²) in [5, 5.41) is 2.31. The Hall–Kier alpha value is -1.90. The number of hydrogen-bond acceptors (Lipinski definition) is 2. The van der Waals surface area contributed by atoms with Gasteiger partial charge in [0.2, 0.25) is 5.91 Å². The topological polar surface area (TPSA) is 46.2 Å². The monoisotopic (exact) mass is 231 g/mol. The fourth-order valence-corrected chi connectivity index (χ4v) is 1.26. The van der Waals surface area contributed by atoms with Crippen LogP contribution in [0.5, 0.6) is 0 Å². The maximum Gasteiger partial charge on any atom is 0.258 e. The average Bonchev–Trinajstić information content (AvgIpc) is 2.29. The van der Waals surface area contributed by atoms with E-state index in [2.05, 4.69) is 19.2 Å². The van der Waals surface area contributed by atoms with Gasteiger partial charge in [0.05, 0.1) is 0 Å². The van der Waals surface area contributed by atoms with Crippen molar-refractivity contribution < 1.29 is 9.59 Å². The van der Waals surface area contributed by atoms with Crippen LogP contribution in [-0.2, 0) is 4.79 Å². The number of carbonyl (C=O) groups is 2. The summed E-state index contributed by atoms with van der Waals surface area (Å²) in [6.45, 7) is 4.13. The second-order valence-corrected chi connectivity index (χ2v) is 4.22. The second-order valence-electron chi connectivity index (χ2n) is 4.22. The molecule has 0 radical (unpaired) electrons. The molecule has 1 N–H and O–H groups in total. The molecule has 0 saturated carbocycles. The molecule has 0 atom stereocenters. The Morgan fingerprint density at radius 1 is 1.24 bits per heavy atom. The van der Waals surface area contributed by atoms with Crippen molar-refractivity contribution in [1.29, 1.82) is 0 Å². The number of nitrogens with one attached hydrogen (secondary N) is 1. The number of benzene rings is 1. The third kappa shape index (κ3) is 5.11. The molecule has 90 valence electrons. The van der Waals surface area contributed by atoms with E-state index >= 15 is 0 Å². The van der Waals surface area contributed by atoms with Crippen LogP contribution < -0.4 is 5.32 Å². The van der Waals surface area contributed by atoms with Crippen LogP contribution in [0.4, 0.5) is 0 Å². The highest BCUT2D eigenvalue weighted by molar-refractivity contribution is 6.07. The molecule has 1 aromatic rings. The number of hydrogen-bond donors (Lipinski definition) is 1. The second kappa shape index (κ2) is 6.63. The van der Waals surface area contributed by atoms with Gasteiger partial charge in [-0.1, -0.05) is 38.1 Å². The molecule has 1 rings (SSSR count). The normalized spacial score (nSPS) is 10.8. The third-order valence-corrected chi connectivity index (χ3v) is 2.15. The van der Waals surface area contributed by atoms with E-state index < -0.39 is 0 Å². The van der Waals surface area contributed by atoms with Gasteiger partial charge >= 0.3 is 0 Å². The minimum atomic E-state index is -0.375. The third-order valence-electron chi connectivity index (χ3n) is 2.15. The highest BCUT2D eigenvalue weighted by Gasteiger charge is 2.06. The molecule has 2 amide bonds. The van der Waals surface area contributed by atoms with Gasteiger partial charge in [-0.2, -0.15) is 0 Å². The van der Waals surface area contributed by atoms with Crippen LogP contribution >= 0.6 is 0 Å². The first-order valence-electron chi connectivity index (χ1n) is 5.66. The summed E-state index contributed by atoms with van der Waals surface area (Å²) in [4.78, 5) is 23.0. The van der Waals surface area contributed by atoms with Crippen molar-refractivity contribution in [2.24, 2.45) is 5.92 Å². The molecule has 1 aromatic carbocycles. The fraction of sp³-hybridized carbons (Fsp3) is 0.286. The molecule has 0 saturated heterocycles. The lowest BCUT2D eigenvalue weighted by molar-refractivity contribution is -0.115. The summed E-state index contributed by atoms with van der Waals surface area (Å²) in [6.07, 6.45) is 4.01. The summed E-state index contributed by atoms with van der Waals surface area (Å²) in [5.74, 6) is -0.242. The maximum absolute atomic E-state index is 11.6. The fourth-order valence-electron chi connectivity index (χ4n) is 1.26. The lowest BCUT2D eigenvalue weighted by atomic mass is 10.1. The van der Waals surface area contributed by atoms with Crippen LogP contribution in [-0.4, -0.2) is 11.8 Å². The molecule has 0 bridgehead atoms. The van der Waals surface area contributed by atoms with E-state index in [1.807, 2.05) is 6.07 Å². The maximum atomic E-state index is 11.6. The van der Waals surface area contributed by atoms with Crippen LogP contribution in [0.1, 0.15) is 30.6 Å². The Morgan fingerprint density at radius 2 is 1.88 bits per heavy atom. The zero-order chi connectivity index (χ0) is 12.7. The molecular formula is C14H17NO2. The van der Waals surface area contributed by atoms with Crippen LogP contribution in [0.25, 0.3) is 0 Å². The van der Waals surface area contributed by atoms with Gasteiger partial charge in [-0.05, 0) is 30.5 Å². The van der Waals surface area contributed by atoms with Crippen LogP contribution in [0.3, 0.4) is 0 Å². The van der Waals surface area contributed by atoms with Gasteiger partial charge in [-0.3, -0.25) is 14.9 Å². The van der Waals surface area contributed by atoms with Gasteiger partial charge < -0.3 is 0 Å². The van der Waals surface area contributed by atoms with Crippen molar-refractivity contribution in [3.63, 3.8) is 0 Å². The molecule has 0 aliphatic rings. The first-order chi connectivity index (χ1) is 8.09. The van der Waals surface area contributed by atoms with Crippen LogP contribution in [0.15, 0.2) is 42.5 Å². The lowest BCUT2D eigenvalue weighted by Crippen LogP contribution is -2.28. The molecular weight excluding hydrogens is 214 g/mol. The Balaban J connectivity index is 2.47. The number of carbonyl (C=O) groups excluding carboxylic acids is 2. The summed E-state index contributed by atoms with van der Waals surface area (Å²) < 4.78 is 0. The minimum absolute atomic E-state index is 0.371. The van der Waals surface area contributed by atoms with E-state index in [9.17, 15) is 9.59 Å². The zero-order valence-electron chi connectivity index (χ0n) is 10.1. The largest absolute Gasteiger partial charge is 0.289 e.